The standard InChI is InChI=1S/C20H32O2/c1-8-19(21)18(15(4)14(2)3)13-16-9-11-17(12-10-16)22-20(5,6)7/h9-12,14-15,18H,8,13H2,1-7H3. The molecular formula is C20H32O2. The quantitative estimate of drug-likeness (QED) is 0.684. The summed E-state index contributed by atoms with van der Waals surface area (Å²) in [4.78, 5) is 12.3. The van der Waals surface area contributed by atoms with Crippen LogP contribution < -0.4 is 4.74 Å². The maximum absolute atomic E-state index is 12.3. The average molecular weight is 304 g/mol. The van der Waals surface area contributed by atoms with Crippen molar-refractivity contribution < 1.29 is 9.53 Å². The van der Waals surface area contributed by atoms with Gasteiger partial charge in [-0.2, -0.15) is 0 Å². The van der Waals surface area contributed by atoms with E-state index in [9.17, 15) is 4.79 Å². The minimum absolute atomic E-state index is 0.111. The molecule has 0 saturated carbocycles. The Hall–Kier alpha value is -1.31. The Bertz CT molecular complexity index is 465. The van der Waals surface area contributed by atoms with E-state index in [-0.39, 0.29) is 11.5 Å². The van der Waals surface area contributed by atoms with Crippen LogP contribution in [0, 0.1) is 17.8 Å². The molecule has 124 valence electrons. The number of hydrogen-bond acceptors (Lipinski definition) is 2. The van der Waals surface area contributed by atoms with E-state index >= 15 is 0 Å². The van der Waals surface area contributed by atoms with E-state index in [0.717, 1.165) is 12.2 Å². The van der Waals surface area contributed by atoms with E-state index in [2.05, 4.69) is 32.9 Å². The third kappa shape index (κ3) is 5.82. The first-order valence-electron chi connectivity index (χ1n) is 8.44. The van der Waals surface area contributed by atoms with Crippen molar-refractivity contribution in [1.29, 1.82) is 0 Å². The molecule has 1 aromatic carbocycles. The van der Waals surface area contributed by atoms with Gasteiger partial charge in [0.2, 0.25) is 0 Å². The van der Waals surface area contributed by atoms with Crippen molar-refractivity contribution >= 4 is 5.78 Å². The number of Topliss-reactive ketones (excluding diaryl/α,β-unsaturated/α-hetero) is 1. The summed E-state index contributed by atoms with van der Waals surface area (Å²) in [7, 11) is 0. The van der Waals surface area contributed by atoms with Crippen molar-refractivity contribution in [3.8, 4) is 5.75 Å². The molecular weight excluding hydrogens is 272 g/mol. The van der Waals surface area contributed by atoms with E-state index in [1.165, 1.54) is 5.56 Å². The summed E-state index contributed by atoms with van der Waals surface area (Å²) >= 11 is 0. The molecule has 0 heterocycles. The number of benzene rings is 1. The Kier molecular flexibility index (Phi) is 6.65. The second-order valence-electron chi connectivity index (χ2n) is 7.59. The van der Waals surface area contributed by atoms with Crippen LogP contribution in [-0.4, -0.2) is 11.4 Å². The Morgan fingerprint density at radius 3 is 2.05 bits per heavy atom. The van der Waals surface area contributed by atoms with E-state index in [4.69, 9.17) is 4.74 Å². The van der Waals surface area contributed by atoms with Gasteiger partial charge in [0.25, 0.3) is 0 Å². The smallest absolute Gasteiger partial charge is 0.136 e. The summed E-state index contributed by atoms with van der Waals surface area (Å²) in [5, 5.41) is 0. The van der Waals surface area contributed by atoms with E-state index in [0.29, 0.717) is 24.0 Å². The number of hydrogen-bond donors (Lipinski definition) is 0. The predicted octanol–water partition coefficient (Wildman–Crippen LogP) is 5.29. The van der Waals surface area contributed by atoms with Crippen LogP contribution in [0.5, 0.6) is 5.75 Å². The predicted molar refractivity (Wildman–Crippen MR) is 93.3 cm³/mol. The van der Waals surface area contributed by atoms with Crippen LogP contribution >= 0.6 is 0 Å². The monoisotopic (exact) mass is 304 g/mol. The summed E-state index contributed by atoms with van der Waals surface area (Å²) in [6, 6.07) is 8.19. The van der Waals surface area contributed by atoms with Crippen LogP contribution in [0.15, 0.2) is 24.3 Å². The van der Waals surface area contributed by atoms with Gasteiger partial charge >= 0.3 is 0 Å². The Morgan fingerprint density at radius 1 is 1.09 bits per heavy atom. The molecule has 0 aliphatic carbocycles. The van der Waals surface area contributed by atoms with Crippen molar-refractivity contribution in [3.05, 3.63) is 29.8 Å². The summed E-state index contributed by atoms with van der Waals surface area (Å²) in [5.74, 6) is 2.28. The van der Waals surface area contributed by atoms with Crippen LogP contribution in [0.4, 0.5) is 0 Å². The van der Waals surface area contributed by atoms with E-state index in [1.807, 2.05) is 39.8 Å². The van der Waals surface area contributed by atoms with Gasteiger partial charge in [-0.05, 0) is 56.7 Å². The van der Waals surface area contributed by atoms with E-state index < -0.39 is 0 Å². The number of carbonyl (C=O) groups excluding carboxylic acids is 1. The van der Waals surface area contributed by atoms with Crippen molar-refractivity contribution in [2.24, 2.45) is 17.8 Å². The number of ketones is 1. The maximum atomic E-state index is 12.3. The second-order valence-corrected chi connectivity index (χ2v) is 7.59. The Morgan fingerprint density at radius 2 is 1.64 bits per heavy atom. The molecule has 2 unspecified atom stereocenters. The third-order valence-electron chi connectivity index (χ3n) is 4.25. The summed E-state index contributed by atoms with van der Waals surface area (Å²) < 4.78 is 5.85. The zero-order valence-electron chi connectivity index (χ0n) is 15.3. The lowest BCUT2D eigenvalue weighted by Crippen LogP contribution is -2.27. The fourth-order valence-electron chi connectivity index (χ4n) is 2.62. The summed E-state index contributed by atoms with van der Waals surface area (Å²) in [6.07, 6.45) is 1.44. The highest BCUT2D eigenvalue weighted by molar-refractivity contribution is 5.81. The number of ether oxygens (including phenoxy) is 1. The topological polar surface area (TPSA) is 26.3 Å². The van der Waals surface area contributed by atoms with Gasteiger partial charge in [-0.15, -0.1) is 0 Å². The molecule has 2 nitrogen and oxygen atoms in total. The Balaban J connectivity index is 2.83. The van der Waals surface area contributed by atoms with Gasteiger partial charge < -0.3 is 4.74 Å². The summed E-state index contributed by atoms with van der Waals surface area (Å²) in [6.45, 7) is 14.7. The highest BCUT2D eigenvalue weighted by Gasteiger charge is 2.26. The van der Waals surface area contributed by atoms with Crippen molar-refractivity contribution in [2.45, 2.75) is 66.9 Å². The second kappa shape index (κ2) is 7.80. The SMILES string of the molecule is CCC(=O)C(Cc1ccc(OC(C)(C)C)cc1)C(C)C(C)C. The van der Waals surface area contributed by atoms with Crippen LogP contribution in [0.3, 0.4) is 0 Å². The molecule has 0 spiro atoms. The largest absolute Gasteiger partial charge is 0.488 e. The van der Waals surface area contributed by atoms with Gasteiger partial charge in [0.05, 0.1) is 0 Å². The van der Waals surface area contributed by atoms with Gasteiger partial charge in [-0.3, -0.25) is 4.79 Å². The van der Waals surface area contributed by atoms with Gasteiger partial charge in [-0.1, -0.05) is 39.8 Å². The minimum Gasteiger partial charge on any atom is -0.488 e. The van der Waals surface area contributed by atoms with E-state index in [1.54, 1.807) is 0 Å². The average Bonchev–Trinajstić information content (AvgIpc) is 2.43. The normalized spacial score (nSPS) is 14.7. The molecule has 0 N–H and O–H groups in total. The molecule has 1 aromatic rings. The third-order valence-corrected chi connectivity index (χ3v) is 4.25. The van der Waals surface area contributed by atoms with Crippen molar-refractivity contribution in [3.63, 3.8) is 0 Å². The highest BCUT2D eigenvalue weighted by atomic mass is 16.5. The molecule has 0 saturated heterocycles. The maximum Gasteiger partial charge on any atom is 0.136 e. The zero-order chi connectivity index (χ0) is 16.9. The molecule has 0 aromatic heterocycles. The molecule has 2 heteroatoms. The van der Waals surface area contributed by atoms with Gasteiger partial charge in [0.15, 0.2) is 0 Å². The van der Waals surface area contributed by atoms with Crippen LogP contribution in [0.2, 0.25) is 0 Å². The van der Waals surface area contributed by atoms with Gasteiger partial charge in [0.1, 0.15) is 17.1 Å². The lowest BCUT2D eigenvalue weighted by atomic mass is 9.78. The van der Waals surface area contributed by atoms with Crippen molar-refractivity contribution in [1.82, 2.24) is 0 Å². The molecule has 0 amide bonds. The van der Waals surface area contributed by atoms with Gasteiger partial charge in [0, 0.05) is 12.3 Å². The molecule has 1 rings (SSSR count). The first-order chi connectivity index (χ1) is 10.1. The van der Waals surface area contributed by atoms with Crippen LogP contribution in [0.1, 0.15) is 60.5 Å². The van der Waals surface area contributed by atoms with Crippen LogP contribution in [-0.2, 0) is 11.2 Å². The minimum atomic E-state index is -0.186. The van der Waals surface area contributed by atoms with Crippen molar-refractivity contribution in [2.75, 3.05) is 0 Å². The molecule has 0 aliphatic heterocycles. The molecule has 2 atom stereocenters. The molecule has 22 heavy (non-hydrogen) atoms. The fraction of sp³-hybridized carbons (Fsp3) is 0.650. The van der Waals surface area contributed by atoms with Gasteiger partial charge in [-0.25, -0.2) is 0 Å². The molecule has 0 fully saturated rings. The number of carbonyl (C=O) groups is 1. The number of rotatable bonds is 7. The zero-order valence-corrected chi connectivity index (χ0v) is 15.3. The highest BCUT2D eigenvalue weighted by Crippen LogP contribution is 2.27. The Labute approximate surface area is 136 Å². The lowest BCUT2D eigenvalue weighted by Gasteiger charge is -2.26. The lowest BCUT2D eigenvalue weighted by molar-refractivity contribution is -0.124. The molecule has 0 radical (unpaired) electrons. The van der Waals surface area contributed by atoms with Crippen LogP contribution in [0.25, 0.3) is 0 Å². The first-order valence-corrected chi connectivity index (χ1v) is 8.44. The first kappa shape index (κ1) is 18.7. The molecule has 0 bridgehead atoms. The summed E-state index contributed by atoms with van der Waals surface area (Å²) in [5.41, 5.74) is 1.02. The molecule has 0 aliphatic rings. The fourth-order valence-corrected chi connectivity index (χ4v) is 2.62.